The first-order valence-corrected chi connectivity index (χ1v) is 5.36. The average Bonchev–Trinajstić information content (AvgIpc) is 2.45. The molecule has 0 saturated heterocycles. The first-order chi connectivity index (χ1) is 6.48. The van der Waals surface area contributed by atoms with Crippen molar-refractivity contribution in [2.24, 2.45) is 0 Å². The van der Waals surface area contributed by atoms with Crippen molar-refractivity contribution in [1.82, 2.24) is 0 Å². The predicted molar refractivity (Wildman–Crippen MR) is 62.0 cm³/mol. The van der Waals surface area contributed by atoms with Crippen LogP contribution in [-0.2, 0) is 6.42 Å². The molecule has 0 radical (unpaired) electrons. The predicted octanol–water partition coefficient (Wildman–Crippen LogP) is 3.16. The molecule has 0 amide bonds. The van der Waals surface area contributed by atoms with Gasteiger partial charge >= 0.3 is 0 Å². The smallest absolute Gasteiger partial charge is 0.0404 e. The van der Waals surface area contributed by atoms with Crippen LogP contribution in [0.4, 0.5) is 5.69 Å². The molecule has 0 aromatic heterocycles. The van der Waals surface area contributed by atoms with Crippen molar-refractivity contribution in [3.63, 3.8) is 0 Å². The summed E-state index contributed by atoms with van der Waals surface area (Å²) < 4.78 is 0. The van der Waals surface area contributed by atoms with Crippen molar-refractivity contribution in [2.75, 3.05) is 11.4 Å². The molecule has 0 fully saturated rings. The van der Waals surface area contributed by atoms with Crippen LogP contribution in [-0.4, -0.2) is 12.1 Å². The van der Waals surface area contributed by atoms with Gasteiger partial charge in [-0.05, 0) is 45.7 Å². The number of rotatable bonds is 0. The summed E-state index contributed by atoms with van der Waals surface area (Å²) in [6.07, 6.45) is 1.20. The lowest BCUT2D eigenvalue weighted by Gasteiger charge is -2.34. The molecule has 0 aliphatic carbocycles. The number of anilines is 1. The number of fused-ring (bicyclic) bond motifs is 1. The SMILES string of the molecule is Cc1ccc2c(c1)CCN2C(C)(C)C. The van der Waals surface area contributed by atoms with Crippen molar-refractivity contribution in [2.45, 2.75) is 39.7 Å². The van der Waals surface area contributed by atoms with Gasteiger partial charge in [0.15, 0.2) is 0 Å². The van der Waals surface area contributed by atoms with Crippen molar-refractivity contribution < 1.29 is 0 Å². The highest BCUT2D eigenvalue weighted by atomic mass is 15.2. The van der Waals surface area contributed by atoms with Crippen LogP contribution in [0.25, 0.3) is 0 Å². The first kappa shape index (κ1) is 9.57. The van der Waals surface area contributed by atoms with Crippen molar-refractivity contribution >= 4 is 5.69 Å². The summed E-state index contributed by atoms with van der Waals surface area (Å²) in [5.41, 5.74) is 4.57. The van der Waals surface area contributed by atoms with E-state index in [4.69, 9.17) is 0 Å². The zero-order valence-electron chi connectivity index (χ0n) is 9.59. The molecule has 1 aliphatic rings. The van der Waals surface area contributed by atoms with Crippen molar-refractivity contribution in [1.29, 1.82) is 0 Å². The number of aryl methyl sites for hydroxylation is 1. The van der Waals surface area contributed by atoms with E-state index in [-0.39, 0.29) is 5.54 Å². The van der Waals surface area contributed by atoms with Gasteiger partial charge < -0.3 is 4.90 Å². The summed E-state index contributed by atoms with van der Waals surface area (Å²) in [5.74, 6) is 0. The van der Waals surface area contributed by atoms with E-state index in [9.17, 15) is 0 Å². The third-order valence-electron chi connectivity index (χ3n) is 2.94. The van der Waals surface area contributed by atoms with Crippen LogP contribution in [0.15, 0.2) is 18.2 Å². The van der Waals surface area contributed by atoms with Crippen LogP contribution >= 0.6 is 0 Å². The zero-order chi connectivity index (χ0) is 10.3. The largest absolute Gasteiger partial charge is 0.366 e. The molecule has 14 heavy (non-hydrogen) atoms. The molecule has 76 valence electrons. The molecule has 0 spiro atoms. The Hall–Kier alpha value is -0.980. The van der Waals surface area contributed by atoms with Gasteiger partial charge in [0.2, 0.25) is 0 Å². The summed E-state index contributed by atoms with van der Waals surface area (Å²) in [7, 11) is 0. The third kappa shape index (κ3) is 1.52. The number of benzene rings is 1. The molecule has 1 aromatic carbocycles. The Labute approximate surface area is 86.7 Å². The van der Waals surface area contributed by atoms with E-state index in [2.05, 4.69) is 50.8 Å². The molecule has 1 aliphatic heterocycles. The molecule has 2 rings (SSSR count). The molecule has 1 heteroatoms. The van der Waals surface area contributed by atoms with Crippen LogP contribution in [0.2, 0.25) is 0 Å². The standard InChI is InChI=1S/C13H19N/c1-10-5-6-12-11(9-10)7-8-14(12)13(2,3)4/h5-6,9H,7-8H2,1-4H3. The summed E-state index contributed by atoms with van der Waals surface area (Å²) in [6, 6.07) is 6.80. The Balaban J connectivity index is 2.41. The Morgan fingerprint density at radius 2 is 1.93 bits per heavy atom. The van der Waals surface area contributed by atoms with Gasteiger partial charge in [-0.15, -0.1) is 0 Å². The molecule has 1 nitrogen and oxygen atoms in total. The van der Waals surface area contributed by atoms with Crippen LogP contribution in [0.3, 0.4) is 0 Å². The van der Waals surface area contributed by atoms with Crippen molar-refractivity contribution in [3.8, 4) is 0 Å². The maximum Gasteiger partial charge on any atom is 0.0404 e. The molecule has 1 aromatic rings. The van der Waals surface area contributed by atoms with E-state index in [1.807, 2.05) is 0 Å². The second kappa shape index (κ2) is 3.01. The minimum atomic E-state index is 0.251. The Bertz CT molecular complexity index is 347. The van der Waals surface area contributed by atoms with E-state index in [1.54, 1.807) is 0 Å². The fraction of sp³-hybridized carbons (Fsp3) is 0.538. The molecular weight excluding hydrogens is 170 g/mol. The van der Waals surface area contributed by atoms with Gasteiger partial charge in [-0.1, -0.05) is 17.7 Å². The summed E-state index contributed by atoms with van der Waals surface area (Å²) in [5, 5.41) is 0. The highest BCUT2D eigenvalue weighted by Gasteiger charge is 2.27. The molecule has 0 atom stereocenters. The normalized spacial score (nSPS) is 15.9. The monoisotopic (exact) mass is 189 g/mol. The van der Waals surface area contributed by atoms with E-state index >= 15 is 0 Å². The van der Waals surface area contributed by atoms with Crippen LogP contribution in [0.5, 0.6) is 0 Å². The molecule has 1 heterocycles. The molecule has 0 unspecified atom stereocenters. The quantitative estimate of drug-likeness (QED) is 0.606. The average molecular weight is 189 g/mol. The fourth-order valence-corrected chi connectivity index (χ4v) is 2.23. The highest BCUT2D eigenvalue weighted by Crippen LogP contribution is 2.33. The Morgan fingerprint density at radius 1 is 1.21 bits per heavy atom. The maximum atomic E-state index is 2.50. The van der Waals surface area contributed by atoms with E-state index < -0.39 is 0 Å². The van der Waals surface area contributed by atoms with E-state index in [0.717, 1.165) is 0 Å². The molecule has 0 bridgehead atoms. The lowest BCUT2D eigenvalue weighted by Crippen LogP contribution is -2.40. The minimum Gasteiger partial charge on any atom is -0.366 e. The zero-order valence-corrected chi connectivity index (χ0v) is 9.59. The van der Waals surface area contributed by atoms with Crippen LogP contribution in [0, 0.1) is 6.92 Å². The number of nitrogens with zero attached hydrogens (tertiary/aromatic N) is 1. The van der Waals surface area contributed by atoms with Gasteiger partial charge in [0.05, 0.1) is 0 Å². The topological polar surface area (TPSA) is 3.24 Å². The van der Waals surface area contributed by atoms with Gasteiger partial charge in [-0.25, -0.2) is 0 Å². The van der Waals surface area contributed by atoms with Crippen molar-refractivity contribution in [3.05, 3.63) is 29.3 Å². The van der Waals surface area contributed by atoms with Gasteiger partial charge in [0.25, 0.3) is 0 Å². The lowest BCUT2D eigenvalue weighted by atomic mass is 10.1. The summed E-state index contributed by atoms with van der Waals surface area (Å²) in [6.45, 7) is 10.2. The molecule has 0 saturated carbocycles. The molecule has 0 N–H and O–H groups in total. The number of hydrogen-bond acceptors (Lipinski definition) is 1. The minimum absolute atomic E-state index is 0.251. The van der Waals surface area contributed by atoms with E-state index in [0.29, 0.717) is 0 Å². The van der Waals surface area contributed by atoms with Crippen LogP contribution in [0.1, 0.15) is 31.9 Å². The second-order valence-electron chi connectivity index (χ2n) is 5.20. The molecular formula is C13H19N. The lowest BCUT2D eigenvalue weighted by molar-refractivity contribution is 0.518. The van der Waals surface area contributed by atoms with E-state index in [1.165, 1.54) is 29.8 Å². The number of hydrogen-bond donors (Lipinski definition) is 0. The van der Waals surface area contributed by atoms with Gasteiger partial charge in [0, 0.05) is 17.8 Å². The Morgan fingerprint density at radius 3 is 2.57 bits per heavy atom. The van der Waals surface area contributed by atoms with Gasteiger partial charge in [-0.3, -0.25) is 0 Å². The summed E-state index contributed by atoms with van der Waals surface area (Å²) in [4.78, 5) is 2.50. The Kier molecular flexibility index (Phi) is 2.06. The summed E-state index contributed by atoms with van der Waals surface area (Å²) >= 11 is 0. The fourth-order valence-electron chi connectivity index (χ4n) is 2.23. The second-order valence-corrected chi connectivity index (χ2v) is 5.20. The van der Waals surface area contributed by atoms with Crippen LogP contribution < -0.4 is 4.90 Å². The van der Waals surface area contributed by atoms with Gasteiger partial charge in [0.1, 0.15) is 0 Å². The third-order valence-corrected chi connectivity index (χ3v) is 2.94. The van der Waals surface area contributed by atoms with Gasteiger partial charge in [-0.2, -0.15) is 0 Å². The highest BCUT2D eigenvalue weighted by molar-refractivity contribution is 5.60. The first-order valence-electron chi connectivity index (χ1n) is 5.36. The maximum absolute atomic E-state index is 2.50.